The van der Waals surface area contributed by atoms with Crippen molar-refractivity contribution in [2.75, 3.05) is 18.2 Å². The number of hydrogen-bond acceptors (Lipinski definition) is 6. The van der Waals surface area contributed by atoms with E-state index >= 15 is 0 Å². The van der Waals surface area contributed by atoms with Gasteiger partial charge in [0.25, 0.3) is 0 Å². The third kappa shape index (κ3) is 3.22. The van der Waals surface area contributed by atoms with E-state index in [-0.39, 0.29) is 18.1 Å². The molecule has 1 saturated carbocycles. The van der Waals surface area contributed by atoms with Gasteiger partial charge in [-0.2, -0.15) is 9.97 Å². The molecule has 1 aliphatic carbocycles. The number of aliphatic hydroxyl groups excluding tert-OH is 1. The first kappa shape index (κ1) is 12.9. The second-order valence-corrected chi connectivity index (χ2v) is 4.61. The number of aromatic nitrogens is 2. The lowest BCUT2D eigenvalue weighted by atomic mass is 10.1. The van der Waals surface area contributed by atoms with Crippen LogP contribution in [0.15, 0.2) is 6.07 Å². The normalized spacial score (nSPS) is 24.3. The summed E-state index contributed by atoms with van der Waals surface area (Å²) in [7, 11) is 1.53. The molecule has 0 amide bonds. The second-order valence-electron chi connectivity index (χ2n) is 4.61. The Morgan fingerprint density at radius 1 is 1.33 bits per heavy atom. The Bertz CT molecular complexity index is 400. The van der Waals surface area contributed by atoms with Crippen molar-refractivity contribution in [1.82, 2.24) is 9.97 Å². The highest BCUT2D eigenvalue weighted by molar-refractivity contribution is 5.43. The van der Waals surface area contributed by atoms with Gasteiger partial charge in [0.1, 0.15) is 5.82 Å². The number of nitrogens with two attached hydrogens (primary N) is 1. The minimum absolute atomic E-state index is 0.0199. The molecule has 4 N–H and O–H groups in total. The van der Waals surface area contributed by atoms with Gasteiger partial charge >= 0.3 is 0 Å². The highest BCUT2D eigenvalue weighted by Gasteiger charge is 2.22. The number of nitrogen functional groups attached to an aromatic ring is 1. The molecule has 18 heavy (non-hydrogen) atoms. The van der Waals surface area contributed by atoms with E-state index in [2.05, 4.69) is 15.3 Å². The van der Waals surface area contributed by atoms with Crippen LogP contribution in [-0.4, -0.2) is 34.3 Å². The zero-order chi connectivity index (χ0) is 13.0. The van der Waals surface area contributed by atoms with Crippen LogP contribution in [0.2, 0.25) is 0 Å². The first-order chi connectivity index (χ1) is 8.69. The largest absolute Gasteiger partial charge is 0.481 e. The molecule has 0 spiro atoms. The molecular weight excluding hydrogens is 232 g/mol. The van der Waals surface area contributed by atoms with Gasteiger partial charge in [-0.15, -0.1) is 0 Å². The van der Waals surface area contributed by atoms with E-state index in [1.807, 2.05) is 0 Å². The van der Waals surface area contributed by atoms with Gasteiger partial charge in [-0.3, -0.25) is 0 Å². The first-order valence-corrected chi connectivity index (χ1v) is 6.32. The van der Waals surface area contributed by atoms with Crippen molar-refractivity contribution in [3.05, 3.63) is 6.07 Å². The molecule has 1 fully saturated rings. The van der Waals surface area contributed by atoms with Crippen molar-refractivity contribution in [3.8, 4) is 5.88 Å². The van der Waals surface area contributed by atoms with Crippen LogP contribution >= 0.6 is 0 Å². The Morgan fingerprint density at radius 2 is 2.11 bits per heavy atom. The molecule has 0 aliphatic heterocycles. The van der Waals surface area contributed by atoms with E-state index < -0.39 is 0 Å². The minimum atomic E-state index is -0.338. The van der Waals surface area contributed by atoms with Gasteiger partial charge in [-0.05, 0) is 12.8 Å². The Kier molecular flexibility index (Phi) is 4.19. The number of methoxy groups -OCH3 is 1. The van der Waals surface area contributed by atoms with E-state index in [9.17, 15) is 5.11 Å². The van der Waals surface area contributed by atoms with Crippen LogP contribution < -0.4 is 15.8 Å². The predicted octanol–water partition coefficient (Wildman–Crippen LogP) is 1.17. The van der Waals surface area contributed by atoms with E-state index in [1.54, 1.807) is 6.07 Å². The molecular formula is C12H20N4O2. The minimum Gasteiger partial charge on any atom is -0.481 e. The molecule has 0 bridgehead atoms. The van der Waals surface area contributed by atoms with Crippen LogP contribution in [-0.2, 0) is 0 Å². The van der Waals surface area contributed by atoms with Gasteiger partial charge in [0.05, 0.1) is 19.3 Å². The number of anilines is 2. The van der Waals surface area contributed by atoms with E-state index in [4.69, 9.17) is 10.5 Å². The van der Waals surface area contributed by atoms with Crippen molar-refractivity contribution >= 4 is 11.8 Å². The monoisotopic (exact) mass is 252 g/mol. The molecule has 0 aromatic carbocycles. The summed E-state index contributed by atoms with van der Waals surface area (Å²) in [5, 5.41) is 13.3. The fraction of sp³-hybridized carbons (Fsp3) is 0.667. The van der Waals surface area contributed by atoms with Crippen molar-refractivity contribution < 1.29 is 9.84 Å². The second kappa shape index (κ2) is 5.86. The fourth-order valence-corrected chi connectivity index (χ4v) is 2.27. The number of ether oxygens (including phenoxy) is 1. The molecule has 2 unspecified atom stereocenters. The summed E-state index contributed by atoms with van der Waals surface area (Å²) in [5.74, 6) is 1.19. The smallest absolute Gasteiger partial charge is 0.225 e. The van der Waals surface area contributed by atoms with Crippen molar-refractivity contribution in [3.63, 3.8) is 0 Å². The highest BCUT2D eigenvalue weighted by Crippen LogP contribution is 2.22. The summed E-state index contributed by atoms with van der Waals surface area (Å²) in [6.45, 7) is 0. The zero-order valence-corrected chi connectivity index (χ0v) is 10.6. The number of nitrogens with one attached hydrogen (secondary N) is 1. The summed E-state index contributed by atoms with van der Waals surface area (Å²) in [6, 6.07) is 1.71. The lowest BCUT2D eigenvalue weighted by molar-refractivity contribution is 0.144. The van der Waals surface area contributed by atoms with Gasteiger partial charge in [-0.25, -0.2) is 0 Å². The molecule has 1 aromatic heterocycles. The Hall–Kier alpha value is -1.56. The maximum absolute atomic E-state index is 10.0. The van der Waals surface area contributed by atoms with Crippen molar-refractivity contribution in [2.24, 2.45) is 0 Å². The van der Waals surface area contributed by atoms with Gasteiger partial charge in [0.2, 0.25) is 11.8 Å². The SMILES string of the molecule is COc1cc(NC2CCCCCC2O)nc(N)n1. The summed E-state index contributed by atoms with van der Waals surface area (Å²) in [4.78, 5) is 8.03. The molecule has 100 valence electrons. The van der Waals surface area contributed by atoms with Crippen LogP contribution in [0.1, 0.15) is 32.1 Å². The molecule has 2 rings (SSSR count). The molecule has 1 aliphatic rings. The molecule has 6 nitrogen and oxygen atoms in total. The molecule has 0 saturated heterocycles. The zero-order valence-electron chi connectivity index (χ0n) is 10.6. The average molecular weight is 252 g/mol. The predicted molar refractivity (Wildman–Crippen MR) is 69.5 cm³/mol. The standard InChI is InChI=1S/C12H20N4O2/c1-18-11-7-10(15-12(13)16-11)14-8-5-3-2-4-6-9(8)17/h7-9,17H,2-6H2,1H3,(H3,13,14,15,16). The van der Waals surface area contributed by atoms with Crippen LogP contribution in [0.5, 0.6) is 5.88 Å². The van der Waals surface area contributed by atoms with E-state index in [0.29, 0.717) is 11.7 Å². The number of aliphatic hydroxyl groups is 1. The van der Waals surface area contributed by atoms with Gasteiger partial charge in [-0.1, -0.05) is 19.3 Å². The molecule has 2 atom stereocenters. The average Bonchev–Trinajstić information content (AvgIpc) is 2.54. The number of nitrogens with zero attached hydrogens (tertiary/aromatic N) is 2. The third-order valence-corrected chi connectivity index (χ3v) is 3.24. The van der Waals surface area contributed by atoms with Crippen LogP contribution in [0.25, 0.3) is 0 Å². The van der Waals surface area contributed by atoms with E-state index in [1.165, 1.54) is 13.5 Å². The van der Waals surface area contributed by atoms with Gasteiger partial charge < -0.3 is 20.9 Å². The lowest BCUT2D eigenvalue weighted by Crippen LogP contribution is -2.32. The third-order valence-electron chi connectivity index (χ3n) is 3.24. The molecule has 6 heteroatoms. The van der Waals surface area contributed by atoms with E-state index in [0.717, 1.165) is 25.7 Å². The summed E-state index contributed by atoms with van der Waals surface area (Å²) >= 11 is 0. The van der Waals surface area contributed by atoms with Crippen LogP contribution in [0, 0.1) is 0 Å². The summed E-state index contributed by atoms with van der Waals surface area (Å²) < 4.78 is 5.04. The van der Waals surface area contributed by atoms with Crippen molar-refractivity contribution in [2.45, 2.75) is 44.2 Å². The summed E-state index contributed by atoms with van der Waals surface area (Å²) in [6.07, 6.45) is 4.79. The highest BCUT2D eigenvalue weighted by atomic mass is 16.5. The van der Waals surface area contributed by atoms with Gasteiger partial charge in [0, 0.05) is 6.07 Å². The molecule has 0 radical (unpaired) electrons. The van der Waals surface area contributed by atoms with Crippen molar-refractivity contribution in [1.29, 1.82) is 0 Å². The number of hydrogen-bond donors (Lipinski definition) is 3. The number of rotatable bonds is 3. The molecule has 1 aromatic rings. The lowest BCUT2D eigenvalue weighted by Gasteiger charge is -2.22. The Labute approximate surface area is 107 Å². The Balaban J connectivity index is 2.09. The Morgan fingerprint density at radius 3 is 2.89 bits per heavy atom. The topological polar surface area (TPSA) is 93.3 Å². The maximum Gasteiger partial charge on any atom is 0.225 e. The maximum atomic E-state index is 10.0. The van der Waals surface area contributed by atoms with Gasteiger partial charge in [0.15, 0.2) is 0 Å². The first-order valence-electron chi connectivity index (χ1n) is 6.32. The van der Waals surface area contributed by atoms with Crippen LogP contribution in [0.4, 0.5) is 11.8 Å². The quantitative estimate of drug-likeness (QED) is 0.699. The summed E-state index contributed by atoms with van der Waals surface area (Å²) in [5.41, 5.74) is 5.60. The fourth-order valence-electron chi connectivity index (χ4n) is 2.27. The van der Waals surface area contributed by atoms with Crippen LogP contribution in [0.3, 0.4) is 0 Å². The molecule has 1 heterocycles.